The van der Waals surface area contributed by atoms with Gasteiger partial charge in [0.2, 0.25) is 0 Å². The van der Waals surface area contributed by atoms with Crippen molar-refractivity contribution >= 4 is 16.9 Å². The molecule has 4 heteroatoms. The molecule has 0 amide bonds. The number of carbonyl (C=O) groups is 1. The third-order valence-corrected chi connectivity index (χ3v) is 2.05. The van der Waals surface area contributed by atoms with Crippen molar-refractivity contribution in [3.63, 3.8) is 0 Å². The van der Waals surface area contributed by atoms with Gasteiger partial charge in [-0.15, -0.1) is 0 Å². The van der Waals surface area contributed by atoms with Gasteiger partial charge in [-0.2, -0.15) is 0 Å². The Morgan fingerprint density at radius 3 is 2.86 bits per heavy atom. The van der Waals surface area contributed by atoms with Crippen LogP contribution < -0.4 is 0 Å². The van der Waals surface area contributed by atoms with Crippen molar-refractivity contribution in [3.8, 4) is 0 Å². The van der Waals surface area contributed by atoms with Gasteiger partial charge in [-0.25, -0.2) is 9.18 Å². The number of carboxylic acid groups (broad SMARTS) is 1. The largest absolute Gasteiger partial charge is 0.478 e. The molecule has 0 spiro atoms. The second kappa shape index (κ2) is 2.83. The summed E-state index contributed by atoms with van der Waals surface area (Å²) in [6.07, 6.45) is 1.12. The van der Waals surface area contributed by atoms with E-state index >= 15 is 0 Å². The highest BCUT2D eigenvalue weighted by molar-refractivity contribution is 6.02. The number of hydrogen-bond donors (Lipinski definition) is 1. The van der Waals surface area contributed by atoms with Gasteiger partial charge >= 0.3 is 5.97 Å². The lowest BCUT2D eigenvalue weighted by Crippen LogP contribution is -1.94. The molecule has 0 unspecified atom stereocenters. The number of benzene rings is 1. The van der Waals surface area contributed by atoms with E-state index in [4.69, 9.17) is 9.52 Å². The summed E-state index contributed by atoms with van der Waals surface area (Å²) in [6, 6.07) is 2.47. The van der Waals surface area contributed by atoms with E-state index in [1.165, 1.54) is 6.07 Å². The molecule has 0 aliphatic rings. The highest BCUT2D eigenvalue weighted by Crippen LogP contribution is 2.25. The maximum Gasteiger partial charge on any atom is 0.339 e. The lowest BCUT2D eigenvalue weighted by Gasteiger charge is -1.95. The molecule has 14 heavy (non-hydrogen) atoms. The summed E-state index contributed by atoms with van der Waals surface area (Å²) in [5.41, 5.74) is 0.999. The quantitative estimate of drug-likeness (QED) is 0.758. The van der Waals surface area contributed by atoms with Gasteiger partial charge in [0.05, 0.1) is 0 Å². The molecular formula is C10H7FO3. The fourth-order valence-electron chi connectivity index (χ4n) is 1.43. The van der Waals surface area contributed by atoms with Gasteiger partial charge in [0.15, 0.2) is 0 Å². The van der Waals surface area contributed by atoms with E-state index in [0.29, 0.717) is 16.5 Å². The van der Waals surface area contributed by atoms with E-state index < -0.39 is 11.8 Å². The Bertz CT molecular complexity index is 513. The van der Waals surface area contributed by atoms with Crippen LogP contribution in [0.4, 0.5) is 4.39 Å². The van der Waals surface area contributed by atoms with Crippen LogP contribution in [0.2, 0.25) is 0 Å². The smallest absolute Gasteiger partial charge is 0.339 e. The normalized spacial score (nSPS) is 10.7. The zero-order chi connectivity index (χ0) is 10.3. The molecule has 0 saturated carbocycles. The minimum absolute atomic E-state index is 0.0115. The highest BCUT2D eigenvalue weighted by Gasteiger charge is 2.14. The van der Waals surface area contributed by atoms with Gasteiger partial charge in [-0.3, -0.25) is 0 Å². The molecule has 3 nitrogen and oxygen atoms in total. The lowest BCUT2D eigenvalue weighted by molar-refractivity contribution is 0.0698. The first-order chi connectivity index (χ1) is 6.59. The molecule has 1 N–H and O–H groups in total. The van der Waals surface area contributed by atoms with Crippen LogP contribution in [0, 0.1) is 12.7 Å². The summed E-state index contributed by atoms with van der Waals surface area (Å²) in [5, 5.41) is 9.07. The molecule has 0 aliphatic carbocycles. The maximum absolute atomic E-state index is 13.0. The number of hydrogen-bond acceptors (Lipinski definition) is 2. The standard InChI is InChI=1S/C10H7FO3/c1-5-2-6(11)3-7-8(10(12)13)4-14-9(5)7/h2-4H,1H3,(H,12,13). The van der Waals surface area contributed by atoms with Crippen molar-refractivity contribution in [1.29, 1.82) is 0 Å². The van der Waals surface area contributed by atoms with Gasteiger partial charge in [-0.1, -0.05) is 0 Å². The first-order valence-electron chi connectivity index (χ1n) is 4.00. The van der Waals surface area contributed by atoms with Crippen LogP contribution in [-0.4, -0.2) is 11.1 Å². The number of aryl methyl sites for hydroxylation is 1. The summed E-state index contributed by atoms with van der Waals surface area (Å²) in [7, 11) is 0. The topological polar surface area (TPSA) is 50.4 Å². The average molecular weight is 194 g/mol. The van der Waals surface area contributed by atoms with Gasteiger partial charge in [-0.05, 0) is 24.6 Å². The summed E-state index contributed by atoms with van der Waals surface area (Å²) in [5.74, 6) is -1.58. The predicted molar refractivity (Wildman–Crippen MR) is 47.9 cm³/mol. The van der Waals surface area contributed by atoms with Crippen LogP contribution in [0.3, 0.4) is 0 Å². The molecule has 0 bridgehead atoms. The molecule has 0 radical (unpaired) electrons. The number of rotatable bonds is 1. The van der Waals surface area contributed by atoms with Crippen LogP contribution in [0.1, 0.15) is 15.9 Å². The minimum Gasteiger partial charge on any atom is -0.478 e. The van der Waals surface area contributed by atoms with E-state index in [0.717, 1.165) is 12.3 Å². The predicted octanol–water partition coefficient (Wildman–Crippen LogP) is 2.58. The third-order valence-electron chi connectivity index (χ3n) is 2.05. The molecular weight excluding hydrogens is 187 g/mol. The Kier molecular flexibility index (Phi) is 1.77. The molecule has 1 aromatic carbocycles. The number of fused-ring (bicyclic) bond motifs is 1. The van der Waals surface area contributed by atoms with Gasteiger partial charge in [0.25, 0.3) is 0 Å². The summed E-state index contributed by atoms with van der Waals surface area (Å²) in [4.78, 5) is 10.7. The molecule has 72 valence electrons. The van der Waals surface area contributed by atoms with Crippen LogP contribution in [0.25, 0.3) is 11.0 Å². The van der Waals surface area contributed by atoms with Crippen molar-refractivity contribution in [2.24, 2.45) is 0 Å². The van der Waals surface area contributed by atoms with Gasteiger partial charge < -0.3 is 9.52 Å². The van der Waals surface area contributed by atoms with Crippen LogP contribution in [0.5, 0.6) is 0 Å². The number of carboxylic acids is 1. The Labute approximate surface area is 78.8 Å². The summed E-state index contributed by atoms with van der Waals surface area (Å²) >= 11 is 0. The van der Waals surface area contributed by atoms with Crippen molar-refractivity contribution < 1.29 is 18.7 Å². The molecule has 1 aromatic heterocycles. The van der Waals surface area contributed by atoms with Gasteiger partial charge in [0, 0.05) is 5.39 Å². The fraction of sp³-hybridized carbons (Fsp3) is 0.100. The molecule has 0 aliphatic heterocycles. The summed E-state index contributed by atoms with van der Waals surface area (Å²) in [6.45, 7) is 1.67. The maximum atomic E-state index is 13.0. The zero-order valence-electron chi connectivity index (χ0n) is 7.37. The van der Waals surface area contributed by atoms with Gasteiger partial charge in [0.1, 0.15) is 23.2 Å². The van der Waals surface area contributed by atoms with Crippen molar-refractivity contribution in [3.05, 3.63) is 35.3 Å². The van der Waals surface area contributed by atoms with E-state index in [1.54, 1.807) is 6.92 Å². The first-order valence-corrected chi connectivity index (χ1v) is 4.00. The second-order valence-corrected chi connectivity index (χ2v) is 3.05. The zero-order valence-corrected chi connectivity index (χ0v) is 7.37. The fourth-order valence-corrected chi connectivity index (χ4v) is 1.43. The third kappa shape index (κ3) is 1.16. The summed E-state index contributed by atoms with van der Waals surface area (Å²) < 4.78 is 18.0. The Balaban J connectivity index is 2.85. The van der Waals surface area contributed by atoms with Crippen molar-refractivity contribution in [1.82, 2.24) is 0 Å². The van der Waals surface area contributed by atoms with Crippen LogP contribution in [0.15, 0.2) is 22.8 Å². The van der Waals surface area contributed by atoms with Crippen LogP contribution >= 0.6 is 0 Å². The average Bonchev–Trinajstić information content (AvgIpc) is 2.47. The minimum atomic E-state index is -1.12. The van der Waals surface area contributed by atoms with E-state index in [1.807, 2.05) is 0 Å². The van der Waals surface area contributed by atoms with Crippen LogP contribution in [-0.2, 0) is 0 Å². The number of halogens is 1. The molecule has 2 rings (SSSR count). The van der Waals surface area contributed by atoms with Crippen molar-refractivity contribution in [2.75, 3.05) is 0 Å². The van der Waals surface area contributed by atoms with E-state index in [-0.39, 0.29) is 5.56 Å². The second-order valence-electron chi connectivity index (χ2n) is 3.05. The SMILES string of the molecule is Cc1cc(F)cc2c(C(=O)O)coc12. The Morgan fingerprint density at radius 2 is 2.21 bits per heavy atom. The molecule has 1 heterocycles. The molecule has 0 atom stereocenters. The molecule has 0 saturated heterocycles. The lowest BCUT2D eigenvalue weighted by atomic mass is 10.1. The Morgan fingerprint density at radius 1 is 1.50 bits per heavy atom. The Hall–Kier alpha value is -1.84. The molecule has 2 aromatic rings. The molecule has 0 fully saturated rings. The van der Waals surface area contributed by atoms with Crippen molar-refractivity contribution in [2.45, 2.75) is 6.92 Å². The number of furan rings is 1. The van der Waals surface area contributed by atoms with E-state index in [9.17, 15) is 9.18 Å². The first kappa shape index (κ1) is 8.74. The van der Waals surface area contributed by atoms with E-state index in [2.05, 4.69) is 0 Å². The monoisotopic (exact) mass is 194 g/mol. The highest BCUT2D eigenvalue weighted by atomic mass is 19.1. The number of aromatic carboxylic acids is 1.